The molecule has 31 heavy (non-hydrogen) atoms. The number of hydrogen-bond donors (Lipinski definition) is 1. The van der Waals surface area contributed by atoms with Gasteiger partial charge in [-0.2, -0.15) is 0 Å². The molecule has 1 aromatic carbocycles. The summed E-state index contributed by atoms with van der Waals surface area (Å²) < 4.78 is 5.91. The van der Waals surface area contributed by atoms with Crippen molar-refractivity contribution in [3.8, 4) is 17.0 Å². The molecule has 0 fully saturated rings. The fourth-order valence-corrected chi connectivity index (χ4v) is 4.14. The molecule has 1 N–H and O–H groups in total. The highest BCUT2D eigenvalue weighted by atomic mass is 16.5. The molecule has 0 unspecified atom stereocenters. The molecule has 4 nitrogen and oxygen atoms in total. The summed E-state index contributed by atoms with van der Waals surface area (Å²) >= 11 is 0. The highest BCUT2D eigenvalue weighted by Crippen LogP contribution is 2.42. The molecular formula is C26H37BN2O2. The monoisotopic (exact) mass is 420 g/mol. The van der Waals surface area contributed by atoms with E-state index in [9.17, 15) is 5.02 Å². The molecular weight excluding hydrogens is 383 g/mol. The molecule has 0 bridgehead atoms. The van der Waals surface area contributed by atoms with E-state index in [1.165, 1.54) is 16.7 Å². The second-order valence-corrected chi connectivity index (χ2v) is 10.6. The standard InChI is InChI=1S/C26H37BN2O2/c1-25(2,3)20-16-19(17-21(24(20)31-8)26(4,5)6)23-11-9-10-22(28-23)18-12-14-29(15-13-18)27(7)30/h9-12,16-17,30H,13-15H2,1-8H3. The Balaban J connectivity index is 2.09. The van der Waals surface area contributed by atoms with Gasteiger partial charge in [-0.15, -0.1) is 0 Å². The summed E-state index contributed by atoms with van der Waals surface area (Å²) in [4.78, 5) is 7.11. The van der Waals surface area contributed by atoms with Crippen molar-refractivity contribution in [2.75, 3.05) is 20.2 Å². The lowest BCUT2D eigenvalue weighted by molar-refractivity contribution is 0.381. The summed E-state index contributed by atoms with van der Waals surface area (Å²) in [6, 6.07) is 10.8. The molecule has 2 aromatic rings. The summed E-state index contributed by atoms with van der Waals surface area (Å²) in [5, 5.41) is 9.82. The molecule has 166 valence electrons. The molecule has 1 aliphatic heterocycles. The van der Waals surface area contributed by atoms with Gasteiger partial charge in [0.25, 0.3) is 0 Å². The Morgan fingerprint density at radius 2 is 1.58 bits per heavy atom. The molecule has 0 amide bonds. The second-order valence-electron chi connectivity index (χ2n) is 10.6. The van der Waals surface area contributed by atoms with Crippen molar-refractivity contribution < 1.29 is 9.76 Å². The smallest absolute Gasteiger partial charge is 0.376 e. The molecule has 0 saturated carbocycles. The predicted molar refractivity (Wildman–Crippen MR) is 132 cm³/mol. The molecule has 0 atom stereocenters. The highest BCUT2D eigenvalue weighted by Gasteiger charge is 2.28. The van der Waals surface area contributed by atoms with Crippen molar-refractivity contribution in [3.05, 3.63) is 53.2 Å². The van der Waals surface area contributed by atoms with E-state index in [1.54, 1.807) is 7.11 Å². The lowest BCUT2D eigenvalue weighted by Crippen LogP contribution is -2.39. The Bertz CT molecular complexity index is 933. The van der Waals surface area contributed by atoms with Gasteiger partial charge in [0.2, 0.25) is 0 Å². The highest BCUT2D eigenvalue weighted by molar-refractivity contribution is 6.45. The van der Waals surface area contributed by atoms with Gasteiger partial charge in [0.15, 0.2) is 0 Å². The van der Waals surface area contributed by atoms with E-state index >= 15 is 0 Å². The van der Waals surface area contributed by atoms with Gasteiger partial charge in [0.1, 0.15) is 5.75 Å². The fourth-order valence-electron chi connectivity index (χ4n) is 4.14. The van der Waals surface area contributed by atoms with Gasteiger partial charge >= 0.3 is 7.05 Å². The number of methoxy groups -OCH3 is 1. The number of pyridine rings is 1. The number of ether oxygens (including phenoxy) is 1. The Kier molecular flexibility index (Phi) is 6.68. The first-order valence-corrected chi connectivity index (χ1v) is 11.2. The summed E-state index contributed by atoms with van der Waals surface area (Å²) in [7, 11) is 1.35. The number of aromatic nitrogens is 1. The minimum absolute atomic E-state index is 0.0463. The third kappa shape index (κ3) is 5.21. The van der Waals surface area contributed by atoms with Gasteiger partial charge in [-0.3, -0.25) is 0 Å². The van der Waals surface area contributed by atoms with Crippen LogP contribution < -0.4 is 4.74 Å². The van der Waals surface area contributed by atoms with Crippen LogP contribution in [0.3, 0.4) is 0 Å². The summed E-state index contributed by atoms with van der Waals surface area (Å²) in [5.41, 5.74) is 6.69. The maximum absolute atomic E-state index is 9.82. The molecule has 0 aliphatic carbocycles. The van der Waals surface area contributed by atoms with E-state index in [4.69, 9.17) is 9.72 Å². The summed E-state index contributed by atoms with van der Waals surface area (Å²) in [6.45, 7) is 16.8. The predicted octanol–water partition coefficient (Wildman–Crippen LogP) is 5.55. The Labute approximate surface area is 188 Å². The SMILES string of the molecule is COc1c(C(C)(C)C)cc(-c2cccc(C3=CCN(B(C)O)CC3)n2)cc1C(C)(C)C. The number of rotatable bonds is 4. The summed E-state index contributed by atoms with van der Waals surface area (Å²) in [6.07, 6.45) is 3.09. The van der Waals surface area contributed by atoms with Crippen LogP contribution in [0.25, 0.3) is 16.8 Å². The maximum atomic E-state index is 9.82. The molecule has 1 aromatic heterocycles. The van der Waals surface area contributed by atoms with Crippen LogP contribution in [0, 0.1) is 0 Å². The first kappa shape index (κ1) is 23.6. The van der Waals surface area contributed by atoms with Gasteiger partial charge in [-0.1, -0.05) is 53.7 Å². The molecule has 3 rings (SSSR count). The van der Waals surface area contributed by atoms with E-state index in [-0.39, 0.29) is 10.8 Å². The zero-order valence-electron chi connectivity index (χ0n) is 20.4. The van der Waals surface area contributed by atoms with E-state index < -0.39 is 7.05 Å². The topological polar surface area (TPSA) is 45.6 Å². The average molecular weight is 420 g/mol. The average Bonchev–Trinajstić information content (AvgIpc) is 2.71. The van der Waals surface area contributed by atoms with Crippen LogP contribution >= 0.6 is 0 Å². The zero-order chi connectivity index (χ0) is 23.0. The first-order valence-electron chi connectivity index (χ1n) is 11.2. The second kappa shape index (κ2) is 8.80. The third-order valence-corrected chi connectivity index (χ3v) is 6.05. The van der Waals surface area contributed by atoms with Crippen LogP contribution in [0.2, 0.25) is 6.82 Å². The number of benzene rings is 1. The largest absolute Gasteiger partial charge is 0.496 e. The van der Waals surface area contributed by atoms with E-state index in [2.05, 4.69) is 82.8 Å². The molecule has 2 heterocycles. The zero-order valence-corrected chi connectivity index (χ0v) is 20.4. The van der Waals surface area contributed by atoms with Crippen LogP contribution in [0.4, 0.5) is 0 Å². The van der Waals surface area contributed by atoms with Gasteiger partial charge in [-0.05, 0) is 60.5 Å². The Morgan fingerprint density at radius 1 is 1.00 bits per heavy atom. The minimum Gasteiger partial charge on any atom is -0.496 e. The minimum atomic E-state index is -0.414. The van der Waals surface area contributed by atoms with Gasteiger partial charge in [0.05, 0.1) is 18.5 Å². The van der Waals surface area contributed by atoms with Crippen LogP contribution in [0.1, 0.15) is 64.8 Å². The normalized spacial score (nSPS) is 15.6. The molecule has 0 spiro atoms. The van der Waals surface area contributed by atoms with Gasteiger partial charge in [-0.25, -0.2) is 4.98 Å². The van der Waals surface area contributed by atoms with Crippen molar-refractivity contribution in [2.45, 2.75) is 65.6 Å². The van der Waals surface area contributed by atoms with Crippen LogP contribution in [-0.2, 0) is 10.8 Å². The molecule has 5 heteroatoms. The van der Waals surface area contributed by atoms with E-state index in [0.29, 0.717) is 0 Å². The number of nitrogens with zero attached hydrogens (tertiary/aromatic N) is 2. The van der Waals surface area contributed by atoms with Gasteiger partial charge < -0.3 is 14.6 Å². The van der Waals surface area contributed by atoms with Crippen molar-refractivity contribution in [2.24, 2.45) is 0 Å². The maximum Gasteiger partial charge on any atom is 0.376 e. The third-order valence-electron chi connectivity index (χ3n) is 6.05. The molecule has 0 saturated heterocycles. The quantitative estimate of drug-likeness (QED) is 0.659. The van der Waals surface area contributed by atoms with Crippen LogP contribution in [0.5, 0.6) is 5.75 Å². The van der Waals surface area contributed by atoms with E-state index in [1.807, 2.05) is 6.82 Å². The number of hydrogen-bond acceptors (Lipinski definition) is 4. The van der Waals surface area contributed by atoms with Crippen molar-refractivity contribution in [3.63, 3.8) is 0 Å². The summed E-state index contributed by atoms with van der Waals surface area (Å²) in [5.74, 6) is 0.980. The van der Waals surface area contributed by atoms with Crippen molar-refractivity contribution in [1.82, 2.24) is 9.79 Å². The Morgan fingerprint density at radius 3 is 2.03 bits per heavy atom. The lowest BCUT2D eigenvalue weighted by atomic mass is 9.78. The van der Waals surface area contributed by atoms with Crippen LogP contribution in [-0.4, -0.2) is 42.1 Å². The lowest BCUT2D eigenvalue weighted by Gasteiger charge is -2.30. The molecule has 0 radical (unpaired) electrons. The van der Waals surface area contributed by atoms with Gasteiger partial charge in [0, 0.05) is 23.2 Å². The van der Waals surface area contributed by atoms with Crippen molar-refractivity contribution >= 4 is 12.6 Å². The Hall–Kier alpha value is -2.11. The van der Waals surface area contributed by atoms with E-state index in [0.717, 1.165) is 42.2 Å². The van der Waals surface area contributed by atoms with Crippen LogP contribution in [0.15, 0.2) is 36.4 Å². The molecule has 1 aliphatic rings. The van der Waals surface area contributed by atoms with Crippen molar-refractivity contribution in [1.29, 1.82) is 0 Å². The first-order chi connectivity index (χ1) is 14.4. The fraction of sp³-hybridized carbons (Fsp3) is 0.500.